The van der Waals surface area contributed by atoms with Gasteiger partial charge in [-0.3, -0.25) is 0 Å². The molecular formula is C26H48N6. The second kappa shape index (κ2) is 15.5. The number of guanidine groups is 2. The molecule has 0 aromatic heterocycles. The maximum absolute atomic E-state index is 5.04. The van der Waals surface area contributed by atoms with E-state index in [4.69, 9.17) is 9.98 Å². The summed E-state index contributed by atoms with van der Waals surface area (Å²) in [5.74, 6) is 2.21. The molecule has 0 heterocycles. The SMILES string of the molecule is CCN(CC)C(=NCc1cccc(CN=C(N(CC)CC)N(CC)CC)c1)N(CC)CC. The standard InChI is InChI=1S/C26H48N6/c1-9-29(10-2)25(30(11-3)12-4)27-21-23-18-17-19-24(20-23)22-28-26(31(13-5)14-6)32(15-7)16-8/h17-20H,9-16,21-22H2,1-8H3. The summed E-state index contributed by atoms with van der Waals surface area (Å²) in [6.07, 6.45) is 0. The molecule has 0 bridgehead atoms. The molecule has 0 fully saturated rings. The van der Waals surface area contributed by atoms with Gasteiger partial charge in [-0.2, -0.15) is 0 Å². The van der Waals surface area contributed by atoms with Gasteiger partial charge in [0.15, 0.2) is 11.9 Å². The maximum atomic E-state index is 5.04. The number of hydrogen-bond donors (Lipinski definition) is 0. The van der Waals surface area contributed by atoms with Crippen molar-refractivity contribution in [3.63, 3.8) is 0 Å². The lowest BCUT2D eigenvalue weighted by Gasteiger charge is -2.32. The number of hydrogen-bond acceptors (Lipinski definition) is 2. The summed E-state index contributed by atoms with van der Waals surface area (Å²) in [5.41, 5.74) is 2.48. The molecule has 0 amide bonds. The van der Waals surface area contributed by atoms with E-state index in [1.165, 1.54) is 11.1 Å². The predicted octanol–water partition coefficient (Wildman–Crippen LogP) is 4.77. The van der Waals surface area contributed by atoms with Gasteiger partial charge < -0.3 is 19.6 Å². The monoisotopic (exact) mass is 444 g/mol. The van der Waals surface area contributed by atoms with E-state index in [0.717, 1.165) is 64.3 Å². The van der Waals surface area contributed by atoms with Crippen molar-refractivity contribution in [2.24, 2.45) is 9.98 Å². The molecule has 0 radical (unpaired) electrons. The molecule has 32 heavy (non-hydrogen) atoms. The third-order valence-corrected chi connectivity index (χ3v) is 5.98. The van der Waals surface area contributed by atoms with Gasteiger partial charge in [0, 0.05) is 52.4 Å². The van der Waals surface area contributed by atoms with Crippen LogP contribution in [0.25, 0.3) is 0 Å². The Morgan fingerprint density at radius 3 is 1.06 bits per heavy atom. The van der Waals surface area contributed by atoms with E-state index in [9.17, 15) is 0 Å². The molecule has 0 aliphatic carbocycles. The van der Waals surface area contributed by atoms with Gasteiger partial charge in [0.25, 0.3) is 0 Å². The van der Waals surface area contributed by atoms with Crippen molar-refractivity contribution in [2.45, 2.75) is 68.5 Å². The van der Waals surface area contributed by atoms with E-state index < -0.39 is 0 Å². The van der Waals surface area contributed by atoms with Crippen molar-refractivity contribution in [3.8, 4) is 0 Å². The highest BCUT2D eigenvalue weighted by molar-refractivity contribution is 5.80. The molecule has 1 aromatic carbocycles. The fraction of sp³-hybridized carbons (Fsp3) is 0.692. The molecule has 0 aliphatic heterocycles. The fourth-order valence-electron chi connectivity index (χ4n) is 3.98. The minimum Gasteiger partial charge on any atom is -0.343 e. The average Bonchev–Trinajstić information content (AvgIpc) is 2.83. The first-order chi connectivity index (χ1) is 15.5. The van der Waals surface area contributed by atoms with E-state index in [0.29, 0.717) is 13.1 Å². The van der Waals surface area contributed by atoms with E-state index in [2.05, 4.69) is 99.3 Å². The molecule has 6 heteroatoms. The third kappa shape index (κ3) is 8.03. The normalized spacial score (nSPS) is 10.5. The van der Waals surface area contributed by atoms with Crippen molar-refractivity contribution in [2.75, 3.05) is 52.4 Å². The van der Waals surface area contributed by atoms with E-state index >= 15 is 0 Å². The topological polar surface area (TPSA) is 37.7 Å². The highest BCUT2D eigenvalue weighted by atomic mass is 15.4. The highest BCUT2D eigenvalue weighted by Gasteiger charge is 2.15. The Hall–Kier alpha value is -2.24. The Labute approximate surface area is 198 Å². The fourth-order valence-corrected chi connectivity index (χ4v) is 3.98. The van der Waals surface area contributed by atoms with Crippen LogP contribution in [0.1, 0.15) is 66.5 Å². The molecule has 0 saturated carbocycles. The van der Waals surface area contributed by atoms with Crippen LogP contribution in [-0.2, 0) is 13.1 Å². The quantitative estimate of drug-likeness (QED) is 0.344. The van der Waals surface area contributed by atoms with Gasteiger partial charge in [-0.1, -0.05) is 24.3 Å². The van der Waals surface area contributed by atoms with Crippen LogP contribution in [-0.4, -0.2) is 83.9 Å². The van der Waals surface area contributed by atoms with Gasteiger partial charge in [-0.25, -0.2) is 9.98 Å². The van der Waals surface area contributed by atoms with Crippen molar-refractivity contribution in [1.82, 2.24) is 19.6 Å². The first-order valence-corrected chi connectivity index (χ1v) is 12.7. The number of nitrogens with zero attached hydrogens (tertiary/aromatic N) is 6. The molecule has 0 N–H and O–H groups in total. The minimum absolute atomic E-state index is 0.693. The third-order valence-electron chi connectivity index (χ3n) is 5.98. The first-order valence-electron chi connectivity index (χ1n) is 12.7. The zero-order chi connectivity index (χ0) is 23.9. The number of rotatable bonds is 12. The lowest BCUT2D eigenvalue weighted by atomic mass is 10.1. The van der Waals surface area contributed by atoms with E-state index in [-0.39, 0.29) is 0 Å². The Morgan fingerprint density at radius 2 is 0.812 bits per heavy atom. The van der Waals surface area contributed by atoms with Crippen LogP contribution in [0, 0.1) is 0 Å². The number of benzene rings is 1. The Bertz CT molecular complexity index is 600. The van der Waals surface area contributed by atoms with Crippen molar-refractivity contribution in [3.05, 3.63) is 35.4 Å². The Morgan fingerprint density at radius 1 is 0.531 bits per heavy atom. The van der Waals surface area contributed by atoms with Gasteiger partial charge in [-0.05, 0) is 66.5 Å². The Kier molecular flexibility index (Phi) is 13.5. The van der Waals surface area contributed by atoms with Gasteiger partial charge in [0.05, 0.1) is 13.1 Å². The molecule has 6 nitrogen and oxygen atoms in total. The van der Waals surface area contributed by atoms with Crippen LogP contribution in [0.4, 0.5) is 0 Å². The summed E-state index contributed by atoms with van der Waals surface area (Å²) >= 11 is 0. The smallest absolute Gasteiger partial charge is 0.196 e. The van der Waals surface area contributed by atoms with Crippen LogP contribution in [0.15, 0.2) is 34.3 Å². The Balaban J connectivity index is 3.11. The first kappa shape index (κ1) is 27.8. The van der Waals surface area contributed by atoms with Gasteiger partial charge in [-0.15, -0.1) is 0 Å². The maximum Gasteiger partial charge on any atom is 0.196 e. The van der Waals surface area contributed by atoms with Gasteiger partial charge in [0.2, 0.25) is 0 Å². The lowest BCUT2D eigenvalue weighted by Crippen LogP contribution is -2.44. The molecule has 0 unspecified atom stereocenters. The van der Waals surface area contributed by atoms with Crippen LogP contribution in [0.2, 0.25) is 0 Å². The lowest BCUT2D eigenvalue weighted by molar-refractivity contribution is 0.348. The molecule has 182 valence electrons. The molecule has 0 atom stereocenters. The van der Waals surface area contributed by atoms with Crippen LogP contribution in [0.3, 0.4) is 0 Å². The molecule has 1 rings (SSSR count). The van der Waals surface area contributed by atoms with E-state index in [1.807, 2.05) is 0 Å². The minimum atomic E-state index is 0.693. The van der Waals surface area contributed by atoms with Crippen molar-refractivity contribution < 1.29 is 0 Å². The molecule has 0 saturated heterocycles. The zero-order valence-electron chi connectivity index (χ0n) is 22.1. The van der Waals surface area contributed by atoms with Crippen LogP contribution < -0.4 is 0 Å². The van der Waals surface area contributed by atoms with Crippen LogP contribution >= 0.6 is 0 Å². The summed E-state index contributed by atoms with van der Waals surface area (Å²) in [7, 11) is 0. The zero-order valence-corrected chi connectivity index (χ0v) is 22.1. The van der Waals surface area contributed by atoms with Crippen LogP contribution in [0.5, 0.6) is 0 Å². The van der Waals surface area contributed by atoms with Crippen molar-refractivity contribution in [1.29, 1.82) is 0 Å². The number of aliphatic imine (C=N–C) groups is 2. The summed E-state index contributed by atoms with van der Waals surface area (Å²) in [6.45, 7) is 26.8. The van der Waals surface area contributed by atoms with Gasteiger partial charge >= 0.3 is 0 Å². The molecular weight excluding hydrogens is 396 g/mol. The predicted molar refractivity (Wildman–Crippen MR) is 140 cm³/mol. The average molecular weight is 445 g/mol. The largest absolute Gasteiger partial charge is 0.343 e. The summed E-state index contributed by atoms with van der Waals surface area (Å²) in [4.78, 5) is 19.5. The van der Waals surface area contributed by atoms with E-state index in [1.54, 1.807) is 0 Å². The molecule has 0 spiro atoms. The molecule has 0 aliphatic rings. The summed E-state index contributed by atoms with van der Waals surface area (Å²) in [5, 5.41) is 0. The second-order valence-corrected chi connectivity index (χ2v) is 7.74. The summed E-state index contributed by atoms with van der Waals surface area (Å²) in [6, 6.07) is 8.75. The van der Waals surface area contributed by atoms with Gasteiger partial charge in [0.1, 0.15) is 0 Å². The second-order valence-electron chi connectivity index (χ2n) is 7.74. The highest BCUT2D eigenvalue weighted by Crippen LogP contribution is 2.11. The van der Waals surface area contributed by atoms with Crippen molar-refractivity contribution >= 4 is 11.9 Å². The summed E-state index contributed by atoms with van der Waals surface area (Å²) < 4.78 is 0. The molecule has 1 aromatic rings.